The van der Waals surface area contributed by atoms with E-state index in [1.165, 1.54) is 12.1 Å². The normalized spacial score (nSPS) is 13.7. The van der Waals surface area contributed by atoms with Gasteiger partial charge in [0.1, 0.15) is 5.75 Å². The second-order valence-corrected chi connectivity index (χ2v) is 7.85. The molecule has 0 N–H and O–H groups in total. The summed E-state index contributed by atoms with van der Waals surface area (Å²) in [5.74, 6) is 2.13. The molecule has 26 heavy (non-hydrogen) atoms. The van der Waals surface area contributed by atoms with Gasteiger partial charge in [-0.25, -0.2) is 0 Å². The van der Waals surface area contributed by atoms with Crippen LogP contribution < -0.4 is 4.74 Å². The molecule has 0 atom stereocenters. The molecule has 1 aromatic carbocycles. The number of ether oxygens (including phenoxy) is 1. The van der Waals surface area contributed by atoms with E-state index >= 15 is 0 Å². The molecule has 9 heteroatoms. The first kappa shape index (κ1) is 17.0. The number of thiophene rings is 1. The third-order valence-corrected chi connectivity index (χ3v) is 5.70. The zero-order valence-corrected chi connectivity index (χ0v) is 15.4. The molecular weight excluding hydrogens is 372 g/mol. The number of aromatic nitrogens is 3. The summed E-state index contributed by atoms with van der Waals surface area (Å²) in [5.41, 5.74) is 0.0317. The Labute approximate surface area is 158 Å². The number of thioether (sulfide) groups is 1. The zero-order valence-electron chi connectivity index (χ0n) is 13.8. The topological polar surface area (TPSA) is 83.1 Å². The van der Waals surface area contributed by atoms with Gasteiger partial charge in [0.2, 0.25) is 0 Å². The molecule has 0 amide bonds. The molecule has 134 valence electrons. The number of hydrogen-bond donors (Lipinski definition) is 0. The summed E-state index contributed by atoms with van der Waals surface area (Å²) in [6.45, 7) is 0.442. The van der Waals surface area contributed by atoms with E-state index in [0.29, 0.717) is 24.2 Å². The minimum absolute atomic E-state index is 0.0317. The van der Waals surface area contributed by atoms with Gasteiger partial charge in [0.15, 0.2) is 11.0 Å². The van der Waals surface area contributed by atoms with Crippen LogP contribution in [0.15, 0.2) is 46.9 Å². The molecule has 7 nitrogen and oxygen atoms in total. The van der Waals surface area contributed by atoms with Crippen LogP contribution >= 0.6 is 23.1 Å². The number of nitrogens with zero attached hydrogens (tertiary/aromatic N) is 4. The molecule has 1 saturated carbocycles. The highest BCUT2D eigenvalue weighted by Gasteiger charge is 2.30. The predicted octanol–water partition coefficient (Wildman–Crippen LogP) is 4.42. The van der Waals surface area contributed by atoms with Crippen molar-refractivity contribution in [2.24, 2.45) is 0 Å². The highest BCUT2D eigenvalue weighted by Crippen LogP contribution is 2.41. The monoisotopic (exact) mass is 388 g/mol. The minimum atomic E-state index is -0.425. The molecular formula is C17H16N4O3S2. The van der Waals surface area contributed by atoms with Crippen molar-refractivity contribution in [1.82, 2.24) is 14.8 Å². The molecule has 2 aromatic heterocycles. The van der Waals surface area contributed by atoms with E-state index in [9.17, 15) is 10.1 Å². The van der Waals surface area contributed by atoms with Gasteiger partial charge in [0.05, 0.1) is 22.5 Å². The van der Waals surface area contributed by atoms with E-state index in [1.807, 2.05) is 11.4 Å². The lowest BCUT2D eigenvalue weighted by atomic mass is 10.3. The SMILES string of the molecule is O=[N+]([O-])c1cccc(OCCSc2nnc(-c3cccs3)n2C2CC2)c1. The molecule has 0 radical (unpaired) electrons. The smallest absolute Gasteiger partial charge is 0.273 e. The van der Waals surface area contributed by atoms with E-state index in [-0.39, 0.29) is 5.69 Å². The van der Waals surface area contributed by atoms with Crippen LogP contribution in [0.3, 0.4) is 0 Å². The van der Waals surface area contributed by atoms with Gasteiger partial charge in [-0.2, -0.15) is 0 Å². The minimum Gasteiger partial charge on any atom is -0.492 e. The maximum absolute atomic E-state index is 10.8. The van der Waals surface area contributed by atoms with Crippen molar-refractivity contribution in [3.05, 3.63) is 51.9 Å². The summed E-state index contributed by atoms with van der Waals surface area (Å²) in [5, 5.41) is 22.5. The van der Waals surface area contributed by atoms with Gasteiger partial charge in [-0.1, -0.05) is 23.9 Å². The molecule has 1 fully saturated rings. The first-order chi connectivity index (χ1) is 12.7. The molecule has 0 aliphatic heterocycles. The van der Waals surface area contributed by atoms with Crippen LogP contribution in [0.25, 0.3) is 10.7 Å². The Balaban J connectivity index is 1.38. The second kappa shape index (κ2) is 7.46. The Morgan fingerprint density at radius 3 is 2.92 bits per heavy atom. The number of nitro groups is 1. The Hall–Kier alpha value is -2.39. The average molecular weight is 388 g/mol. The van der Waals surface area contributed by atoms with Gasteiger partial charge in [-0.05, 0) is 30.4 Å². The van der Waals surface area contributed by atoms with Gasteiger partial charge in [0.25, 0.3) is 5.69 Å². The Bertz CT molecular complexity index is 907. The summed E-state index contributed by atoms with van der Waals surface area (Å²) in [6, 6.07) is 10.8. The largest absolute Gasteiger partial charge is 0.492 e. The molecule has 0 unspecified atom stereocenters. The predicted molar refractivity (Wildman–Crippen MR) is 101 cm³/mol. The average Bonchev–Trinajstić information content (AvgIpc) is 3.17. The van der Waals surface area contributed by atoms with Crippen LogP contribution in [0, 0.1) is 10.1 Å². The maximum atomic E-state index is 10.8. The highest BCUT2D eigenvalue weighted by atomic mass is 32.2. The third kappa shape index (κ3) is 3.73. The van der Waals surface area contributed by atoms with Crippen molar-refractivity contribution in [2.45, 2.75) is 24.0 Å². The summed E-state index contributed by atoms with van der Waals surface area (Å²) in [4.78, 5) is 11.5. The van der Waals surface area contributed by atoms with Crippen molar-refractivity contribution in [3.63, 3.8) is 0 Å². The number of rotatable bonds is 8. The van der Waals surface area contributed by atoms with E-state index < -0.39 is 4.92 Å². The quantitative estimate of drug-likeness (QED) is 0.246. The fourth-order valence-corrected chi connectivity index (χ4v) is 4.12. The summed E-state index contributed by atoms with van der Waals surface area (Å²) in [6.07, 6.45) is 2.32. The number of benzene rings is 1. The third-order valence-electron chi connectivity index (χ3n) is 3.93. The number of nitro benzene ring substituents is 1. The fourth-order valence-electron chi connectivity index (χ4n) is 2.59. The Kier molecular flexibility index (Phi) is 4.89. The lowest BCUT2D eigenvalue weighted by molar-refractivity contribution is -0.384. The second-order valence-electron chi connectivity index (χ2n) is 5.84. The van der Waals surface area contributed by atoms with E-state index in [1.54, 1.807) is 35.2 Å². The standard InChI is InChI=1S/C17H16N4O3S2/c22-21(23)13-3-1-4-14(11-13)24-8-10-26-17-19-18-16(15-5-2-9-25-15)20(17)12-6-7-12/h1-5,9,11-12H,6-8,10H2. The van der Waals surface area contributed by atoms with Crippen molar-refractivity contribution in [3.8, 4) is 16.5 Å². The van der Waals surface area contributed by atoms with Gasteiger partial charge in [0, 0.05) is 17.9 Å². The molecule has 0 saturated heterocycles. The van der Waals surface area contributed by atoms with Gasteiger partial charge in [-0.3, -0.25) is 14.7 Å². The van der Waals surface area contributed by atoms with Gasteiger partial charge < -0.3 is 4.74 Å². The van der Waals surface area contributed by atoms with Crippen molar-refractivity contribution in [2.75, 3.05) is 12.4 Å². The van der Waals surface area contributed by atoms with Crippen LogP contribution in [0.4, 0.5) is 5.69 Å². The first-order valence-corrected chi connectivity index (χ1v) is 10.1. The molecule has 3 aromatic rings. The van der Waals surface area contributed by atoms with E-state index in [4.69, 9.17) is 4.74 Å². The van der Waals surface area contributed by atoms with Gasteiger partial charge >= 0.3 is 0 Å². The van der Waals surface area contributed by atoms with Crippen LogP contribution in [-0.2, 0) is 0 Å². The lowest BCUT2D eigenvalue weighted by Gasteiger charge is -2.08. The Morgan fingerprint density at radius 1 is 1.31 bits per heavy atom. The van der Waals surface area contributed by atoms with Crippen molar-refractivity contribution < 1.29 is 9.66 Å². The first-order valence-electron chi connectivity index (χ1n) is 8.21. The Morgan fingerprint density at radius 2 is 2.19 bits per heavy atom. The van der Waals surface area contributed by atoms with Crippen molar-refractivity contribution in [1.29, 1.82) is 0 Å². The zero-order chi connectivity index (χ0) is 17.9. The van der Waals surface area contributed by atoms with Crippen LogP contribution in [0.2, 0.25) is 0 Å². The number of hydrogen-bond acceptors (Lipinski definition) is 7. The van der Waals surface area contributed by atoms with E-state index in [2.05, 4.69) is 20.8 Å². The fraction of sp³-hybridized carbons (Fsp3) is 0.294. The van der Waals surface area contributed by atoms with E-state index in [0.717, 1.165) is 28.7 Å². The highest BCUT2D eigenvalue weighted by molar-refractivity contribution is 7.99. The lowest BCUT2D eigenvalue weighted by Crippen LogP contribution is -2.03. The molecule has 4 rings (SSSR count). The van der Waals surface area contributed by atoms with Gasteiger partial charge in [-0.15, -0.1) is 21.5 Å². The number of non-ortho nitro benzene ring substituents is 1. The molecule has 0 bridgehead atoms. The molecule has 0 spiro atoms. The molecule has 2 heterocycles. The van der Waals surface area contributed by atoms with Crippen LogP contribution in [-0.4, -0.2) is 32.0 Å². The summed E-state index contributed by atoms with van der Waals surface area (Å²) < 4.78 is 7.86. The van der Waals surface area contributed by atoms with Crippen LogP contribution in [0.5, 0.6) is 5.75 Å². The molecule has 1 aliphatic rings. The maximum Gasteiger partial charge on any atom is 0.273 e. The summed E-state index contributed by atoms with van der Waals surface area (Å²) in [7, 11) is 0. The van der Waals surface area contributed by atoms with Crippen LogP contribution in [0.1, 0.15) is 18.9 Å². The van der Waals surface area contributed by atoms with Crippen molar-refractivity contribution >= 4 is 28.8 Å². The summed E-state index contributed by atoms with van der Waals surface area (Å²) >= 11 is 3.26. The molecule has 1 aliphatic carbocycles.